The van der Waals surface area contributed by atoms with E-state index in [1.807, 2.05) is 18.2 Å². The van der Waals surface area contributed by atoms with Gasteiger partial charge in [-0.2, -0.15) is 12.6 Å². The highest BCUT2D eigenvalue weighted by Gasteiger charge is 2.30. The van der Waals surface area contributed by atoms with Gasteiger partial charge in [-0.1, -0.05) is 0 Å². The van der Waals surface area contributed by atoms with Gasteiger partial charge in [0.1, 0.15) is 0 Å². The van der Waals surface area contributed by atoms with Crippen molar-refractivity contribution in [3.63, 3.8) is 0 Å². The standard InChI is InChI=1S/C14H16N2O2S/c1-9(17)15-5-4-10-6-11(2-3-13(10)15)16-8-12(19)7-14(16)18/h2-3,6,12,19H,4-5,7-8H2,1H3. The lowest BCUT2D eigenvalue weighted by Crippen LogP contribution is -2.26. The first-order chi connectivity index (χ1) is 9.06. The first-order valence-electron chi connectivity index (χ1n) is 6.45. The Bertz CT molecular complexity index is 558. The third kappa shape index (κ3) is 2.12. The zero-order valence-corrected chi connectivity index (χ0v) is 11.7. The van der Waals surface area contributed by atoms with E-state index < -0.39 is 0 Å². The van der Waals surface area contributed by atoms with Gasteiger partial charge in [-0.05, 0) is 30.2 Å². The van der Waals surface area contributed by atoms with Gasteiger partial charge in [0.05, 0.1) is 0 Å². The van der Waals surface area contributed by atoms with E-state index >= 15 is 0 Å². The summed E-state index contributed by atoms with van der Waals surface area (Å²) >= 11 is 4.37. The van der Waals surface area contributed by atoms with Gasteiger partial charge in [0.25, 0.3) is 0 Å². The minimum Gasteiger partial charge on any atom is -0.312 e. The molecule has 19 heavy (non-hydrogen) atoms. The van der Waals surface area contributed by atoms with Crippen molar-refractivity contribution in [2.24, 2.45) is 0 Å². The first kappa shape index (κ1) is 12.5. The van der Waals surface area contributed by atoms with Gasteiger partial charge in [0, 0.05) is 43.1 Å². The fourth-order valence-electron chi connectivity index (χ4n) is 2.82. The molecule has 0 radical (unpaired) electrons. The average molecular weight is 276 g/mol. The summed E-state index contributed by atoms with van der Waals surface area (Å²) in [6.07, 6.45) is 1.36. The summed E-state index contributed by atoms with van der Waals surface area (Å²) < 4.78 is 0. The van der Waals surface area contributed by atoms with E-state index in [9.17, 15) is 9.59 Å². The van der Waals surface area contributed by atoms with Crippen molar-refractivity contribution in [2.45, 2.75) is 25.0 Å². The molecule has 1 aromatic carbocycles. The number of hydrogen-bond acceptors (Lipinski definition) is 3. The van der Waals surface area contributed by atoms with E-state index in [1.54, 1.807) is 16.7 Å². The second kappa shape index (κ2) is 4.56. The summed E-state index contributed by atoms with van der Waals surface area (Å²) in [4.78, 5) is 26.9. The second-order valence-corrected chi connectivity index (χ2v) is 5.83. The zero-order chi connectivity index (χ0) is 13.6. The highest BCUT2D eigenvalue weighted by atomic mass is 32.1. The monoisotopic (exact) mass is 276 g/mol. The van der Waals surface area contributed by atoms with Crippen molar-refractivity contribution in [1.82, 2.24) is 0 Å². The van der Waals surface area contributed by atoms with Crippen molar-refractivity contribution in [3.8, 4) is 0 Å². The Morgan fingerprint density at radius 3 is 2.84 bits per heavy atom. The summed E-state index contributed by atoms with van der Waals surface area (Å²) in [5, 5.41) is 0.120. The molecule has 1 unspecified atom stereocenters. The van der Waals surface area contributed by atoms with E-state index in [0.717, 1.165) is 29.9 Å². The number of carbonyl (C=O) groups excluding carboxylic acids is 2. The molecular formula is C14H16N2O2S. The molecular weight excluding hydrogens is 260 g/mol. The van der Waals surface area contributed by atoms with Crippen molar-refractivity contribution in [1.29, 1.82) is 0 Å². The molecule has 1 atom stereocenters. The number of benzene rings is 1. The third-order valence-corrected chi connectivity index (χ3v) is 4.10. The molecule has 1 saturated heterocycles. The van der Waals surface area contributed by atoms with Crippen molar-refractivity contribution in [2.75, 3.05) is 22.9 Å². The molecule has 3 rings (SSSR count). The topological polar surface area (TPSA) is 40.6 Å². The van der Waals surface area contributed by atoms with Crippen molar-refractivity contribution >= 4 is 35.8 Å². The Balaban J connectivity index is 1.91. The summed E-state index contributed by atoms with van der Waals surface area (Å²) in [6, 6.07) is 5.89. The van der Waals surface area contributed by atoms with Gasteiger partial charge in [-0.15, -0.1) is 0 Å². The Morgan fingerprint density at radius 1 is 1.42 bits per heavy atom. The number of thiol groups is 1. The van der Waals surface area contributed by atoms with Crippen LogP contribution in [0, 0.1) is 0 Å². The fraction of sp³-hybridized carbons (Fsp3) is 0.429. The van der Waals surface area contributed by atoms with Gasteiger partial charge >= 0.3 is 0 Å². The van der Waals surface area contributed by atoms with Crippen molar-refractivity contribution in [3.05, 3.63) is 23.8 Å². The van der Waals surface area contributed by atoms with E-state index in [-0.39, 0.29) is 17.1 Å². The van der Waals surface area contributed by atoms with Crippen LogP contribution in [0.4, 0.5) is 11.4 Å². The van der Waals surface area contributed by atoms with Gasteiger partial charge in [0.15, 0.2) is 0 Å². The van der Waals surface area contributed by atoms with Crippen LogP contribution in [0.15, 0.2) is 18.2 Å². The van der Waals surface area contributed by atoms with E-state index in [1.165, 1.54) is 0 Å². The minimum absolute atomic E-state index is 0.0687. The molecule has 0 saturated carbocycles. The second-order valence-electron chi connectivity index (χ2n) is 5.10. The van der Waals surface area contributed by atoms with Crippen LogP contribution in [0.2, 0.25) is 0 Å². The minimum atomic E-state index is 0.0687. The number of rotatable bonds is 1. The molecule has 2 amide bonds. The lowest BCUT2D eigenvalue weighted by Gasteiger charge is -2.19. The number of nitrogens with zero attached hydrogens (tertiary/aromatic N) is 2. The van der Waals surface area contributed by atoms with Crippen LogP contribution >= 0.6 is 12.6 Å². The third-order valence-electron chi connectivity index (χ3n) is 3.76. The molecule has 5 heteroatoms. The maximum Gasteiger partial charge on any atom is 0.228 e. The molecule has 100 valence electrons. The fourth-order valence-corrected chi connectivity index (χ4v) is 3.14. The SMILES string of the molecule is CC(=O)N1CCc2cc(N3CC(S)CC3=O)ccc21. The highest BCUT2D eigenvalue weighted by molar-refractivity contribution is 7.81. The maximum absolute atomic E-state index is 11.9. The van der Waals surface area contributed by atoms with E-state index in [4.69, 9.17) is 0 Å². The van der Waals surface area contributed by atoms with Crippen LogP contribution in [0.3, 0.4) is 0 Å². The maximum atomic E-state index is 11.9. The molecule has 0 spiro atoms. The Kier molecular flexibility index (Phi) is 3.01. The molecule has 0 bridgehead atoms. The van der Waals surface area contributed by atoms with Crippen LogP contribution < -0.4 is 9.80 Å². The quantitative estimate of drug-likeness (QED) is 0.792. The van der Waals surface area contributed by atoms with Gasteiger partial charge in [-0.25, -0.2) is 0 Å². The molecule has 2 aliphatic heterocycles. The molecule has 0 N–H and O–H groups in total. The Labute approximate surface area is 117 Å². The molecule has 4 nitrogen and oxygen atoms in total. The summed E-state index contributed by atoms with van der Waals surface area (Å²) in [7, 11) is 0. The lowest BCUT2D eigenvalue weighted by molar-refractivity contribution is -0.117. The Hall–Kier alpha value is -1.49. The van der Waals surface area contributed by atoms with Crippen LogP contribution in [0.5, 0.6) is 0 Å². The predicted octanol–water partition coefficient (Wildman–Crippen LogP) is 1.63. The molecule has 0 aliphatic carbocycles. The predicted molar refractivity (Wildman–Crippen MR) is 77.9 cm³/mol. The molecule has 2 aliphatic rings. The van der Waals surface area contributed by atoms with Gasteiger partial charge in [-0.3, -0.25) is 9.59 Å². The van der Waals surface area contributed by atoms with E-state index in [0.29, 0.717) is 13.0 Å². The first-order valence-corrected chi connectivity index (χ1v) is 6.97. The molecule has 1 aromatic rings. The number of carbonyl (C=O) groups is 2. The smallest absolute Gasteiger partial charge is 0.228 e. The number of anilines is 2. The van der Waals surface area contributed by atoms with Crippen molar-refractivity contribution < 1.29 is 9.59 Å². The largest absolute Gasteiger partial charge is 0.312 e. The summed E-state index contributed by atoms with van der Waals surface area (Å²) in [6.45, 7) is 2.98. The Morgan fingerprint density at radius 2 is 2.21 bits per heavy atom. The normalized spacial score (nSPS) is 22.0. The number of fused-ring (bicyclic) bond motifs is 1. The number of hydrogen-bond donors (Lipinski definition) is 1. The van der Waals surface area contributed by atoms with Gasteiger partial charge in [0.2, 0.25) is 11.8 Å². The molecule has 0 aromatic heterocycles. The number of amides is 2. The van der Waals surface area contributed by atoms with Crippen LogP contribution in [-0.4, -0.2) is 30.2 Å². The van der Waals surface area contributed by atoms with Crippen LogP contribution in [0.1, 0.15) is 18.9 Å². The van der Waals surface area contributed by atoms with E-state index in [2.05, 4.69) is 12.6 Å². The molecule has 1 fully saturated rings. The summed E-state index contributed by atoms with van der Waals surface area (Å²) in [5.74, 6) is 0.195. The van der Waals surface area contributed by atoms with Crippen LogP contribution in [-0.2, 0) is 16.0 Å². The van der Waals surface area contributed by atoms with Gasteiger partial charge < -0.3 is 9.80 Å². The zero-order valence-electron chi connectivity index (χ0n) is 10.8. The summed E-state index contributed by atoms with van der Waals surface area (Å²) in [5.41, 5.74) is 3.04. The average Bonchev–Trinajstić information content (AvgIpc) is 2.91. The van der Waals surface area contributed by atoms with Crippen LogP contribution in [0.25, 0.3) is 0 Å². The lowest BCUT2D eigenvalue weighted by atomic mass is 10.1. The highest BCUT2D eigenvalue weighted by Crippen LogP contribution is 2.33. The molecule has 2 heterocycles.